The van der Waals surface area contributed by atoms with Gasteiger partial charge in [0.05, 0.1) is 11.5 Å². The van der Waals surface area contributed by atoms with E-state index >= 15 is 0 Å². The topological polar surface area (TPSA) is 57.6 Å². The SMILES string of the molecule is Cc1cscc1C(=O)N1CC(C(=O)O)C1. The predicted molar refractivity (Wildman–Crippen MR) is 56.1 cm³/mol. The largest absolute Gasteiger partial charge is 0.481 e. The monoisotopic (exact) mass is 225 g/mol. The van der Waals surface area contributed by atoms with E-state index in [1.54, 1.807) is 4.90 Å². The lowest BCUT2D eigenvalue weighted by molar-refractivity contribution is -0.146. The number of nitrogens with zero attached hydrogens (tertiary/aromatic N) is 1. The Bertz CT molecular complexity index is 407. The van der Waals surface area contributed by atoms with E-state index in [2.05, 4.69) is 0 Å². The number of aliphatic carboxylic acids is 1. The Labute approximate surface area is 91.1 Å². The molecule has 0 aromatic carbocycles. The molecule has 1 aliphatic heterocycles. The van der Waals surface area contributed by atoms with Gasteiger partial charge in [-0.1, -0.05) is 0 Å². The first kappa shape index (κ1) is 10.2. The summed E-state index contributed by atoms with van der Waals surface area (Å²) in [5.74, 6) is -1.25. The molecule has 0 saturated carbocycles. The molecule has 0 bridgehead atoms. The summed E-state index contributed by atoms with van der Waals surface area (Å²) in [6.07, 6.45) is 0. The highest BCUT2D eigenvalue weighted by Gasteiger charge is 2.36. The Morgan fingerprint density at radius 2 is 2.13 bits per heavy atom. The summed E-state index contributed by atoms with van der Waals surface area (Å²) >= 11 is 1.49. The van der Waals surface area contributed by atoms with Crippen LogP contribution in [0.4, 0.5) is 0 Å². The number of aryl methyl sites for hydroxylation is 1. The molecule has 0 atom stereocenters. The van der Waals surface area contributed by atoms with Gasteiger partial charge in [0.25, 0.3) is 5.91 Å². The van der Waals surface area contributed by atoms with E-state index in [1.807, 2.05) is 17.7 Å². The number of likely N-dealkylation sites (tertiary alicyclic amines) is 1. The van der Waals surface area contributed by atoms with Crippen LogP contribution in [0.15, 0.2) is 10.8 Å². The normalized spacial score (nSPS) is 16.2. The van der Waals surface area contributed by atoms with Gasteiger partial charge in [-0.3, -0.25) is 9.59 Å². The fourth-order valence-corrected chi connectivity index (χ4v) is 2.37. The molecule has 0 spiro atoms. The highest BCUT2D eigenvalue weighted by Crippen LogP contribution is 2.22. The van der Waals surface area contributed by atoms with Crippen molar-refractivity contribution in [2.24, 2.45) is 5.92 Å². The van der Waals surface area contributed by atoms with E-state index in [0.29, 0.717) is 18.7 Å². The molecule has 15 heavy (non-hydrogen) atoms. The van der Waals surface area contributed by atoms with Gasteiger partial charge in [0.1, 0.15) is 0 Å². The van der Waals surface area contributed by atoms with Crippen LogP contribution >= 0.6 is 11.3 Å². The number of amides is 1. The second-order valence-corrected chi connectivity index (χ2v) is 4.46. The first-order valence-electron chi connectivity index (χ1n) is 4.64. The maximum Gasteiger partial charge on any atom is 0.310 e. The lowest BCUT2D eigenvalue weighted by Crippen LogP contribution is -2.53. The zero-order valence-electron chi connectivity index (χ0n) is 8.27. The van der Waals surface area contributed by atoms with Crippen molar-refractivity contribution in [3.63, 3.8) is 0 Å². The zero-order valence-corrected chi connectivity index (χ0v) is 9.08. The molecule has 0 radical (unpaired) electrons. The molecular weight excluding hydrogens is 214 g/mol. The third-order valence-corrected chi connectivity index (χ3v) is 3.47. The molecule has 4 nitrogen and oxygen atoms in total. The van der Waals surface area contributed by atoms with E-state index in [0.717, 1.165) is 5.56 Å². The van der Waals surface area contributed by atoms with Crippen molar-refractivity contribution < 1.29 is 14.7 Å². The third-order valence-electron chi connectivity index (χ3n) is 2.60. The molecule has 5 heteroatoms. The van der Waals surface area contributed by atoms with E-state index in [4.69, 9.17) is 5.11 Å². The first-order valence-corrected chi connectivity index (χ1v) is 5.58. The first-order chi connectivity index (χ1) is 7.09. The summed E-state index contributed by atoms with van der Waals surface area (Å²) < 4.78 is 0. The number of carboxylic acids is 1. The van der Waals surface area contributed by atoms with Crippen molar-refractivity contribution in [2.45, 2.75) is 6.92 Å². The molecule has 2 rings (SSSR count). The Balaban J connectivity index is 2.01. The average molecular weight is 225 g/mol. The van der Waals surface area contributed by atoms with Crippen LogP contribution in [0, 0.1) is 12.8 Å². The van der Waals surface area contributed by atoms with E-state index in [9.17, 15) is 9.59 Å². The molecule has 1 amide bonds. The third kappa shape index (κ3) is 1.74. The van der Waals surface area contributed by atoms with Crippen LogP contribution in [0.3, 0.4) is 0 Å². The minimum atomic E-state index is -0.818. The van der Waals surface area contributed by atoms with Crippen LogP contribution in [-0.2, 0) is 4.79 Å². The van der Waals surface area contributed by atoms with Crippen LogP contribution in [0.5, 0.6) is 0 Å². The van der Waals surface area contributed by atoms with Crippen LogP contribution < -0.4 is 0 Å². The average Bonchev–Trinajstić information content (AvgIpc) is 2.47. The molecule has 2 heterocycles. The van der Waals surface area contributed by atoms with Gasteiger partial charge in [0, 0.05) is 18.5 Å². The van der Waals surface area contributed by atoms with E-state index in [-0.39, 0.29) is 11.8 Å². The van der Waals surface area contributed by atoms with Gasteiger partial charge in [-0.05, 0) is 17.9 Å². The summed E-state index contributed by atoms with van der Waals surface area (Å²) in [5.41, 5.74) is 1.66. The fourth-order valence-electron chi connectivity index (χ4n) is 1.55. The molecule has 1 N–H and O–H groups in total. The van der Waals surface area contributed by atoms with Crippen molar-refractivity contribution in [1.82, 2.24) is 4.90 Å². The highest BCUT2D eigenvalue weighted by molar-refractivity contribution is 7.08. The van der Waals surface area contributed by atoms with Gasteiger partial charge in [0.15, 0.2) is 0 Å². The fraction of sp³-hybridized carbons (Fsp3) is 0.400. The molecule has 1 fully saturated rings. The Hall–Kier alpha value is -1.36. The molecule has 1 aliphatic rings. The molecule has 1 aromatic heterocycles. The number of thiophene rings is 1. The number of carbonyl (C=O) groups excluding carboxylic acids is 1. The molecule has 0 aliphatic carbocycles. The smallest absolute Gasteiger partial charge is 0.310 e. The molecular formula is C10H11NO3S. The summed E-state index contributed by atoms with van der Waals surface area (Å²) in [4.78, 5) is 24.0. The standard InChI is InChI=1S/C10H11NO3S/c1-6-4-15-5-8(6)9(12)11-2-7(3-11)10(13)14/h4-5,7H,2-3H2,1H3,(H,13,14). The van der Waals surface area contributed by atoms with Gasteiger partial charge in [-0.25, -0.2) is 0 Å². The van der Waals surface area contributed by atoms with Crippen molar-refractivity contribution in [1.29, 1.82) is 0 Å². The lowest BCUT2D eigenvalue weighted by atomic mass is 9.99. The molecule has 80 valence electrons. The minimum Gasteiger partial charge on any atom is -0.481 e. The number of rotatable bonds is 2. The quantitative estimate of drug-likeness (QED) is 0.823. The zero-order chi connectivity index (χ0) is 11.0. The van der Waals surface area contributed by atoms with Gasteiger partial charge < -0.3 is 10.0 Å². The van der Waals surface area contributed by atoms with Crippen molar-refractivity contribution in [3.8, 4) is 0 Å². The van der Waals surface area contributed by atoms with Crippen molar-refractivity contribution in [3.05, 3.63) is 21.9 Å². The maximum atomic E-state index is 11.8. The maximum absolute atomic E-state index is 11.8. The molecule has 1 aromatic rings. The van der Waals surface area contributed by atoms with Crippen LogP contribution in [0.1, 0.15) is 15.9 Å². The second-order valence-electron chi connectivity index (χ2n) is 3.71. The van der Waals surface area contributed by atoms with Gasteiger partial charge in [-0.15, -0.1) is 0 Å². The Kier molecular flexibility index (Phi) is 2.48. The lowest BCUT2D eigenvalue weighted by Gasteiger charge is -2.36. The molecule has 1 saturated heterocycles. The number of hydrogen-bond acceptors (Lipinski definition) is 3. The predicted octanol–water partition coefficient (Wildman–Crippen LogP) is 1.21. The summed E-state index contributed by atoms with van der Waals surface area (Å²) in [6.45, 7) is 2.56. The van der Waals surface area contributed by atoms with Gasteiger partial charge in [0.2, 0.25) is 0 Å². The Morgan fingerprint density at radius 3 is 2.60 bits per heavy atom. The second kappa shape index (κ2) is 3.66. The van der Waals surface area contributed by atoms with Crippen LogP contribution in [0.25, 0.3) is 0 Å². The van der Waals surface area contributed by atoms with Crippen LogP contribution in [-0.4, -0.2) is 35.0 Å². The van der Waals surface area contributed by atoms with E-state index < -0.39 is 5.97 Å². The van der Waals surface area contributed by atoms with E-state index in [1.165, 1.54) is 11.3 Å². The van der Waals surface area contributed by atoms with Gasteiger partial charge in [-0.2, -0.15) is 11.3 Å². The Morgan fingerprint density at radius 1 is 1.47 bits per heavy atom. The molecule has 0 unspecified atom stereocenters. The summed E-state index contributed by atoms with van der Waals surface area (Å²) in [6, 6.07) is 0. The number of hydrogen-bond donors (Lipinski definition) is 1. The van der Waals surface area contributed by atoms with Crippen molar-refractivity contribution >= 4 is 23.2 Å². The minimum absolute atomic E-state index is 0.0498. The van der Waals surface area contributed by atoms with Gasteiger partial charge >= 0.3 is 5.97 Å². The number of carboxylic acid groups (broad SMARTS) is 1. The highest BCUT2D eigenvalue weighted by atomic mass is 32.1. The summed E-state index contributed by atoms with van der Waals surface area (Å²) in [5, 5.41) is 12.4. The van der Waals surface area contributed by atoms with Crippen LogP contribution in [0.2, 0.25) is 0 Å². The summed E-state index contributed by atoms with van der Waals surface area (Å²) in [7, 11) is 0. The number of carbonyl (C=O) groups is 2. The van der Waals surface area contributed by atoms with Crippen molar-refractivity contribution in [2.75, 3.05) is 13.1 Å².